The fourth-order valence-corrected chi connectivity index (χ4v) is 2.28. The summed E-state index contributed by atoms with van der Waals surface area (Å²) in [6.07, 6.45) is 0. The Morgan fingerprint density at radius 1 is 0.800 bits per heavy atom. The molecule has 0 fully saturated rings. The number of nitrogens with one attached hydrogen (secondary N) is 1. The molecule has 3 aromatic rings. The number of nitriles is 1. The summed E-state index contributed by atoms with van der Waals surface area (Å²) in [6.45, 7) is 0. The summed E-state index contributed by atoms with van der Waals surface area (Å²) in [6, 6.07) is 26.1. The molecule has 0 saturated heterocycles. The van der Waals surface area contributed by atoms with Crippen molar-refractivity contribution in [3.63, 3.8) is 0 Å². The smallest absolute Gasteiger partial charge is 0.140 e. The molecule has 96 valence electrons. The van der Waals surface area contributed by atoms with Gasteiger partial charge >= 0.3 is 0 Å². The van der Waals surface area contributed by atoms with E-state index in [0.717, 1.165) is 16.6 Å². The molecule has 1 unspecified atom stereocenters. The van der Waals surface area contributed by atoms with Crippen molar-refractivity contribution in [2.45, 2.75) is 6.04 Å². The molecule has 0 amide bonds. The molecular formula is C18H14N2. The standard InChI is InChI=1S/C18H14N2/c19-13-18(20-17-8-2-1-3-9-17)16-11-10-14-6-4-5-7-15(14)12-16/h1-12,18,20H. The second-order valence-electron chi connectivity index (χ2n) is 4.68. The van der Waals surface area contributed by atoms with E-state index in [0.29, 0.717) is 0 Å². The maximum absolute atomic E-state index is 9.40. The number of benzene rings is 3. The molecule has 2 heteroatoms. The van der Waals surface area contributed by atoms with Gasteiger partial charge in [-0.2, -0.15) is 5.26 Å². The average Bonchev–Trinajstić information content (AvgIpc) is 2.53. The molecule has 1 atom stereocenters. The first kappa shape index (κ1) is 12.3. The van der Waals surface area contributed by atoms with E-state index in [1.165, 1.54) is 5.39 Å². The van der Waals surface area contributed by atoms with E-state index >= 15 is 0 Å². The number of hydrogen-bond donors (Lipinski definition) is 1. The average molecular weight is 258 g/mol. The molecule has 3 rings (SSSR count). The van der Waals surface area contributed by atoms with E-state index in [4.69, 9.17) is 0 Å². The van der Waals surface area contributed by atoms with Crippen LogP contribution in [0.5, 0.6) is 0 Å². The van der Waals surface area contributed by atoms with E-state index < -0.39 is 0 Å². The Kier molecular flexibility index (Phi) is 3.34. The molecule has 0 heterocycles. The Balaban J connectivity index is 1.93. The highest BCUT2D eigenvalue weighted by Gasteiger charge is 2.10. The molecule has 0 radical (unpaired) electrons. The van der Waals surface area contributed by atoms with Gasteiger partial charge in [0.15, 0.2) is 0 Å². The third-order valence-corrected chi connectivity index (χ3v) is 3.32. The van der Waals surface area contributed by atoms with E-state index in [-0.39, 0.29) is 6.04 Å². The van der Waals surface area contributed by atoms with E-state index in [1.54, 1.807) is 0 Å². The van der Waals surface area contributed by atoms with Crippen molar-refractivity contribution in [3.05, 3.63) is 78.4 Å². The summed E-state index contributed by atoms with van der Waals surface area (Å²) in [4.78, 5) is 0. The molecule has 0 aliphatic heterocycles. The lowest BCUT2D eigenvalue weighted by atomic mass is 10.0. The second-order valence-corrected chi connectivity index (χ2v) is 4.68. The summed E-state index contributed by atoms with van der Waals surface area (Å²) < 4.78 is 0. The van der Waals surface area contributed by atoms with Gasteiger partial charge in [-0.1, -0.05) is 54.6 Å². The van der Waals surface area contributed by atoms with Crippen LogP contribution in [0.1, 0.15) is 11.6 Å². The normalized spacial score (nSPS) is 11.8. The van der Waals surface area contributed by atoms with Gasteiger partial charge in [0.1, 0.15) is 6.04 Å². The molecular weight excluding hydrogens is 244 g/mol. The number of rotatable bonds is 3. The van der Waals surface area contributed by atoms with E-state index in [2.05, 4.69) is 35.7 Å². The van der Waals surface area contributed by atoms with Crippen LogP contribution in [0.2, 0.25) is 0 Å². The zero-order valence-electron chi connectivity index (χ0n) is 11.0. The van der Waals surface area contributed by atoms with Gasteiger partial charge in [0, 0.05) is 5.69 Å². The highest BCUT2D eigenvalue weighted by molar-refractivity contribution is 5.83. The largest absolute Gasteiger partial charge is 0.366 e. The Labute approximate surface area is 118 Å². The molecule has 0 spiro atoms. The Bertz CT molecular complexity index is 757. The van der Waals surface area contributed by atoms with Gasteiger partial charge in [-0.25, -0.2) is 0 Å². The molecule has 3 aromatic carbocycles. The van der Waals surface area contributed by atoms with Crippen molar-refractivity contribution in [2.24, 2.45) is 0 Å². The highest BCUT2D eigenvalue weighted by atomic mass is 14.9. The van der Waals surface area contributed by atoms with Crippen molar-refractivity contribution in [2.75, 3.05) is 5.32 Å². The fraction of sp³-hybridized carbons (Fsp3) is 0.0556. The maximum atomic E-state index is 9.40. The number of fused-ring (bicyclic) bond motifs is 1. The van der Waals surface area contributed by atoms with Crippen molar-refractivity contribution in [1.82, 2.24) is 0 Å². The molecule has 0 bridgehead atoms. The number of hydrogen-bond acceptors (Lipinski definition) is 2. The third kappa shape index (κ3) is 2.48. The van der Waals surface area contributed by atoms with Crippen LogP contribution in [0, 0.1) is 11.3 Å². The molecule has 1 N–H and O–H groups in total. The lowest BCUT2D eigenvalue weighted by Gasteiger charge is -2.14. The lowest BCUT2D eigenvalue weighted by Crippen LogP contribution is -2.08. The summed E-state index contributed by atoms with van der Waals surface area (Å²) in [7, 11) is 0. The van der Waals surface area contributed by atoms with Crippen LogP contribution in [-0.2, 0) is 0 Å². The second kappa shape index (κ2) is 5.46. The van der Waals surface area contributed by atoms with Crippen molar-refractivity contribution < 1.29 is 0 Å². The summed E-state index contributed by atoms with van der Waals surface area (Å²) in [5, 5.41) is 15.0. The fourth-order valence-electron chi connectivity index (χ4n) is 2.28. The molecule has 20 heavy (non-hydrogen) atoms. The van der Waals surface area contributed by atoms with E-state index in [1.807, 2.05) is 48.5 Å². The Morgan fingerprint density at radius 2 is 1.50 bits per heavy atom. The Hall–Kier alpha value is -2.79. The SMILES string of the molecule is N#CC(Nc1ccccc1)c1ccc2ccccc2c1. The van der Waals surface area contributed by atoms with Crippen LogP contribution in [0.4, 0.5) is 5.69 Å². The predicted octanol–water partition coefficient (Wildman–Crippen LogP) is 4.52. The zero-order valence-corrected chi connectivity index (χ0v) is 11.0. The van der Waals surface area contributed by atoms with Crippen LogP contribution < -0.4 is 5.32 Å². The van der Waals surface area contributed by atoms with Crippen LogP contribution in [0.3, 0.4) is 0 Å². The van der Waals surface area contributed by atoms with Gasteiger partial charge in [-0.3, -0.25) is 0 Å². The van der Waals surface area contributed by atoms with Gasteiger partial charge in [0.25, 0.3) is 0 Å². The lowest BCUT2D eigenvalue weighted by molar-refractivity contribution is 1.00. The first-order valence-corrected chi connectivity index (χ1v) is 6.57. The Morgan fingerprint density at radius 3 is 2.25 bits per heavy atom. The monoisotopic (exact) mass is 258 g/mol. The number of anilines is 1. The first-order valence-electron chi connectivity index (χ1n) is 6.57. The number of nitrogens with zero attached hydrogens (tertiary/aromatic N) is 1. The van der Waals surface area contributed by atoms with Crippen LogP contribution in [0.25, 0.3) is 10.8 Å². The van der Waals surface area contributed by atoms with Gasteiger partial charge < -0.3 is 5.32 Å². The van der Waals surface area contributed by atoms with Crippen molar-refractivity contribution in [3.8, 4) is 6.07 Å². The summed E-state index contributed by atoms with van der Waals surface area (Å²) in [5.41, 5.74) is 1.93. The minimum Gasteiger partial charge on any atom is -0.366 e. The molecule has 2 nitrogen and oxygen atoms in total. The summed E-state index contributed by atoms with van der Waals surface area (Å²) in [5.74, 6) is 0. The molecule has 0 aromatic heterocycles. The predicted molar refractivity (Wildman–Crippen MR) is 82.4 cm³/mol. The van der Waals surface area contributed by atoms with Crippen molar-refractivity contribution >= 4 is 16.5 Å². The molecule has 0 aliphatic carbocycles. The first-order chi connectivity index (χ1) is 9.86. The topological polar surface area (TPSA) is 35.8 Å². The third-order valence-electron chi connectivity index (χ3n) is 3.32. The zero-order chi connectivity index (χ0) is 13.8. The maximum Gasteiger partial charge on any atom is 0.140 e. The highest BCUT2D eigenvalue weighted by Crippen LogP contribution is 2.23. The summed E-state index contributed by atoms with van der Waals surface area (Å²) >= 11 is 0. The van der Waals surface area contributed by atoms with E-state index in [9.17, 15) is 5.26 Å². The van der Waals surface area contributed by atoms with Gasteiger partial charge in [-0.05, 0) is 34.5 Å². The van der Waals surface area contributed by atoms with Crippen molar-refractivity contribution in [1.29, 1.82) is 5.26 Å². The van der Waals surface area contributed by atoms with Crippen LogP contribution in [-0.4, -0.2) is 0 Å². The molecule has 0 aliphatic rings. The quantitative estimate of drug-likeness (QED) is 0.750. The van der Waals surface area contributed by atoms with Crippen LogP contribution >= 0.6 is 0 Å². The van der Waals surface area contributed by atoms with Gasteiger partial charge in [-0.15, -0.1) is 0 Å². The van der Waals surface area contributed by atoms with Crippen LogP contribution in [0.15, 0.2) is 72.8 Å². The minimum absolute atomic E-state index is 0.345. The van der Waals surface area contributed by atoms with Gasteiger partial charge in [0.2, 0.25) is 0 Å². The minimum atomic E-state index is -0.345. The van der Waals surface area contributed by atoms with Gasteiger partial charge in [0.05, 0.1) is 6.07 Å². The number of para-hydroxylation sites is 1. The molecule has 0 saturated carbocycles.